The summed E-state index contributed by atoms with van der Waals surface area (Å²) in [6.07, 6.45) is 1.13. The highest BCUT2D eigenvalue weighted by atomic mass is 32.2. The third kappa shape index (κ3) is 2.65. The summed E-state index contributed by atoms with van der Waals surface area (Å²) in [7, 11) is -3.36. The van der Waals surface area contributed by atoms with Gasteiger partial charge in [-0.3, -0.25) is 0 Å². The number of rotatable bonds is 4. The Labute approximate surface area is 114 Å². The highest BCUT2D eigenvalue weighted by molar-refractivity contribution is 7.91. The van der Waals surface area contributed by atoms with Crippen LogP contribution in [0.4, 0.5) is 10.8 Å². The molecule has 0 spiro atoms. The summed E-state index contributed by atoms with van der Waals surface area (Å²) in [5.74, 6) is 0.0629. The van der Waals surface area contributed by atoms with Gasteiger partial charge in [0.15, 0.2) is 15.7 Å². The lowest BCUT2D eigenvalue weighted by Gasteiger charge is -2.05. The third-order valence-electron chi connectivity index (χ3n) is 2.42. The van der Waals surface area contributed by atoms with Gasteiger partial charge in [-0.15, -0.1) is 11.3 Å². The van der Waals surface area contributed by atoms with E-state index in [0.717, 1.165) is 17.8 Å². The Hall–Kier alpha value is -1.12. The molecule has 0 atom stereocenters. The minimum atomic E-state index is -3.36. The maximum atomic E-state index is 11.6. The van der Waals surface area contributed by atoms with Gasteiger partial charge in [-0.25, -0.2) is 8.42 Å². The standard InChI is InChI=1S/C10H13N3O2S3/c1-6-3-4-16-7(6)5-12-10-8(18(2,14)15)9(11)13-17-10/h3-4,12H,5H2,1-2H3,(H2,11,13). The maximum Gasteiger partial charge on any atom is 0.182 e. The Bertz CT molecular complexity index is 658. The zero-order chi connectivity index (χ0) is 13.3. The molecule has 2 heterocycles. The lowest BCUT2D eigenvalue weighted by Crippen LogP contribution is -2.05. The van der Waals surface area contributed by atoms with E-state index in [1.165, 1.54) is 10.4 Å². The summed E-state index contributed by atoms with van der Waals surface area (Å²) in [6, 6.07) is 2.03. The number of hydrogen-bond donors (Lipinski definition) is 2. The second kappa shape index (κ2) is 4.87. The Balaban J connectivity index is 2.24. The normalized spacial score (nSPS) is 11.7. The summed E-state index contributed by atoms with van der Waals surface area (Å²) >= 11 is 2.70. The molecule has 0 bridgehead atoms. The van der Waals surface area contributed by atoms with Gasteiger partial charge in [-0.1, -0.05) is 0 Å². The molecule has 98 valence electrons. The second-order valence-electron chi connectivity index (χ2n) is 3.88. The summed E-state index contributed by atoms with van der Waals surface area (Å²) in [5.41, 5.74) is 6.78. The molecule has 0 unspecified atom stereocenters. The topological polar surface area (TPSA) is 85.1 Å². The quantitative estimate of drug-likeness (QED) is 0.903. The first-order chi connectivity index (χ1) is 8.39. The van der Waals surface area contributed by atoms with Crippen LogP contribution in [0.2, 0.25) is 0 Å². The van der Waals surface area contributed by atoms with Gasteiger partial charge in [-0.2, -0.15) is 4.37 Å². The molecular formula is C10H13N3O2S3. The van der Waals surface area contributed by atoms with E-state index in [1.54, 1.807) is 11.3 Å². The molecule has 2 rings (SSSR count). The van der Waals surface area contributed by atoms with Crippen molar-refractivity contribution in [2.24, 2.45) is 0 Å². The van der Waals surface area contributed by atoms with Crippen molar-refractivity contribution in [3.8, 4) is 0 Å². The Morgan fingerprint density at radius 2 is 2.22 bits per heavy atom. The smallest absolute Gasteiger partial charge is 0.182 e. The van der Waals surface area contributed by atoms with E-state index >= 15 is 0 Å². The molecule has 3 N–H and O–H groups in total. The molecule has 2 aromatic heterocycles. The SMILES string of the molecule is Cc1ccsc1CNc1snc(N)c1S(C)(=O)=O. The first-order valence-electron chi connectivity index (χ1n) is 5.11. The fraction of sp³-hybridized carbons (Fsp3) is 0.300. The molecule has 8 heteroatoms. The van der Waals surface area contributed by atoms with Gasteiger partial charge in [0.05, 0.1) is 6.54 Å². The molecule has 0 amide bonds. The number of nitrogens with one attached hydrogen (secondary N) is 1. The average molecular weight is 303 g/mol. The highest BCUT2D eigenvalue weighted by Crippen LogP contribution is 2.32. The first-order valence-corrected chi connectivity index (χ1v) is 8.66. The van der Waals surface area contributed by atoms with Crippen molar-refractivity contribution < 1.29 is 8.42 Å². The van der Waals surface area contributed by atoms with Crippen LogP contribution in [0, 0.1) is 6.92 Å². The van der Waals surface area contributed by atoms with Gasteiger partial charge in [-0.05, 0) is 35.5 Å². The number of anilines is 2. The van der Waals surface area contributed by atoms with Gasteiger partial charge in [0.2, 0.25) is 0 Å². The number of sulfone groups is 1. The van der Waals surface area contributed by atoms with E-state index in [4.69, 9.17) is 5.73 Å². The summed E-state index contributed by atoms with van der Waals surface area (Å²) in [5, 5.41) is 5.60. The third-order valence-corrected chi connectivity index (χ3v) is 5.55. The summed E-state index contributed by atoms with van der Waals surface area (Å²) < 4.78 is 27.1. The largest absolute Gasteiger partial charge is 0.382 e. The zero-order valence-electron chi connectivity index (χ0n) is 9.93. The number of thiophene rings is 1. The first kappa shape index (κ1) is 13.3. The molecule has 18 heavy (non-hydrogen) atoms. The molecule has 0 radical (unpaired) electrons. The molecule has 0 aromatic carbocycles. The van der Waals surface area contributed by atoms with Crippen LogP contribution in [0.3, 0.4) is 0 Å². The minimum Gasteiger partial charge on any atom is -0.382 e. The average Bonchev–Trinajstić information content (AvgIpc) is 2.81. The molecule has 5 nitrogen and oxygen atoms in total. The number of nitrogens with two attached hydrogens (primary N) is 1. The lowest BCUT2D eigenvalue weighted by atomic mass is 10.3. The van der Waals surface area contributed by atoms with E-state index < -0.39 is 9.84 Å². The predicted octanol–water partition coefficient (Wildman–Crippen LogP) is 2.11. The van der Waals surface area contributed by atoms with E-state index in [1.807, 2.05) is 18.4 Å². The highest BCUT2D eigenvalue weighted by Gasteiger charge is 2.21. The second-order valence-corrected chi connectivity index (χ2v) is 7.61. The molecule has 0 fully saturated rings. The van der Waals surface area contributed by atoms with Crippen molar-refractivity contribution in [1.29, 1.82) is 0 Å². The monoisotopic (exact) mass is 303 g/mol. The van der Waals surface area contributed by atoms with Crippen molar-refractivity contribution in [3.63, 3.8) is 0 Å². The van der Waals surface area contributed by atoms with E-state index in [0.29, 0.717) is 11.5 Å². The fourth-order valence-electron chi connectivity index (χ4n) is 1.51. The van der Waals surface area contributed by atoms with Crippen LogP contribution in [0.15, 0.2) is 16.3 Å². The molecule has 0 aliphatic heterocycles. The van der Waals surface area contributed by atoms with Crippen molar-refractivity contribution >= 4 is 43.5 Å². The van der Waals surface area contributed by atoms with Crippen molar-refractivity contribution in [2.45, 2.75) is 18.4 Å². The van der Waals surface area contributed by atoms with Crippen molar-refractivity contribution in [1.82, 2.24) is 4.37 Å². The molecule has 0 aliphatic carbocycles. The van der Waals surface area contributed by atoms with Crippen LogP contribution >= 0.6 is 22.9 Å². The summed E-state index contributed by atoms with van der Waals surface area (Å²) in [4.78, 5) is 1.27. The van der Waals surface area contributed by atoms with Gasteiger partial charge >= 0.3 is 0 Å². The minimum absolute atomic E-state index is 0.0629. The van der Waals surface area contributed by atoms with Gasteiger partial charge < -0.3 is 11.1 Å². The van der Waals surface area contributed by atoms with Crippen LogP contribution in [0.25, 0.3) is 0 Å². The number of aromatic nitrogens is 1. The number of hydrogen-bond acceptors (Lipinski definition) is 7. The molecule has 0 saturated heterocycles. The van der Waals surface area contributed by atoms with Crippen LogP contribution in [-0.2, 0) is 16.4 Å². The number of aryl methyl sites for hydroxylation is 1. The molecule has 0 saturated carbocycles. The van der Waals surface area contributed by atoms with E-state index in [-0.39, 0.29) is 10.7 Å². The van der Waals surface area contributed by atoms with Crippen LogP contribution < -0.4 is 11.1 Å². The molecule has 2 aromatic rings. The van der Waals surface area contributed by atoms with Gasteiger partial charge in [0.1, 0.15) is 9.90 Å². The number of nitrogen functional groups attached to an aromatic ring is 1. The zero-order valence-corrected chi connectivity index (χ0v) is 12.4. The maximum absolute atomic E-state index is 11.6. The van der Waals surface area contributed by atoms with E-state index in [9.17, 15) is 8.42 Å². The predicted molar refractivity (Wildman–Crippen MR) is 76.0 cm³/mol. The van der Waals surface area contributed by atoms with E-state index in [2.05, 4.69) is 9.69 Å². The van der Waals surface area contributed by atoms with Gasteiger partial charge in [0, 0.05) is 11.1 Å². The summed E-state index contributed by atoms with van der Waals surface area (Å²) in [6.45, 7) is 2.60. The molecular weight excluding hydrogens is 290 g/mol. The van der Waals surface area contributed by atoms with Crippen LogP contribution in [0.1, 0.15) is 10.4 Å². The van der Waals surface area contributed by atoms with Crippen LogP contribution in [-0.4, -0.2) is 19.0 Å². The van der Waals surface area contributed by atoms with Crippen molar-refractivity contribution in [2.75, 3.05) is 17.3 Å². The van der Waals surface area contributed by atoms with Gasteiger partial charge in [0.25, 0.3) is 0 Å². The Morgan fingerprint density at radius 3 is 2.78 bits per heavy atom. The number of nitrogens with zero attached hydrogens (tertiary/aromatic N) is 1. The van der Waals surface area contributed by atoms with Crippen molar-refractivity contribution in [3.05, 3.63) is 21.9 Å². The fourth-order valence-corrected chi connectivity index (χ4v) is 4.42. The Morgan fingerprint density at radius 1 is 1.50 bits per heavy atom. The van der Waals surface area contributed by atoms with Crippen LogP contribution in [0.5, 0.6) is 0 Å². The molecule has 0 aliphatic rings. The lowest BCUT2D eigenvalue weighted by molar-refractivity contribution is 0.602. The Kier molecular flexibility index (Phi) is 3.60.